The Bertz CT molecular complexity index is 2330. The van der Waals surface area contributed by atoms with Crippen LogP contribution in [0.2, 0.25) is 0 Å². The molecule has 1 aromatic heterocycles. The van der Waals surface area contributed by atoms with Crippen LogP contribution in [-0.2, 0) is 16.2 Å². The van der Waals surface area contributed by atoms with Gasteiger partial charge >= 0.3 is 18.3 Å². The van der Waals surface area contributed by atoms with Crippen molar-refractivity contribution in [2.75, 3.05) is 6.61 Å². The summed E-state index contributed by atoms with van der Waals surface area (Å²) in [6, 6.07) is 17.6. The van der Waals surface area contributed by atoms with Gasteiger partial charge in [-0.05, 0) is 99.2 Å². The molecular formula is C47H50F4N2O4. The van der Waals surface area contributed by atoms with Crippen molar-refractivity contribution in [1.82, 2.24) is 4.57 Å². The molecule has 6 nitrogen and oxygen atoms in total. The topological polar surface area (TPSA) is 69.9 Å². The molecule has 0 fully saturated rings. The summed E-state index contributed by atoms with van der Waals surface area (Å²) in [4.78, 5) is 31.9. The second-order valence-electron chi connectivity index (χ2n) is 14.6. The van der Waals surface area contributed by atoms with Crippen molar-refractivity contribution in [3.63, 3.8) is 0 Å². The van der Waals surface area contributed by atoms with Crippen LogP contribution in [-0.4, -0.2) is 41.0 Å². The van der Waals surface area contributed by atoms with Crippen LogP contribution >= 0.6 is 0 Å². The van der Waals surface area contributed by atoms with E-state index >= 15 is 0 Å². The number of nitrogens with zero attached hydrogens (tertiary/aromatic N) is 2. The molecule has 10 heteroatoms. The highest BCUT2D eigenvalue weighted by atomic mass is 19.3. The number of unbranched alkanes of at least 4 members (excludes halogenated alkanes) is 1. The summed E-state index contributed by atoms with van der Waals surface area (Å²) in [7, 11) is 0. The van der Waals surface area contributed by atoms with E-state index in [-0.39, 0.29) is 17.2 Å². The van der Waals surface area contributed by atoms with E-state index in [0.29, 0.717) is 28.2 Å². The Labute approximate surface area is 331 Å². The highest BCUT2D eigenvalue weighted by molar-refractivity contribution is 6.21. The van der Waals surface area contributed by atoms with Crippen molar-refractivity contribution in [2.24, 2.45) is 11.1 Å². The molecule has 4 aromatic carbocycles. The first-order chi connectivity index (χ1) is 27.1. The van der Waals surface area contributed by atoms with Crippen LogP contribution in [0, 0.1) is 26.7 Å². The third kappa shape index (κ3) is 9.22. The minimum absolute atomic E-state index is 0.0527. The Kier molecular flexibility index (Phi) is 13.6. The molecule has 300 valence electrons. The van der Waals surface area contributed by atoms with Crippen LogP contribution in [0.1, 0.15) is 108 Å². The van der Waals surface area contributed by atoms with Gasteiger partial charge < -0.3 is 14.1 Å². The number of carbonyl (C=O) groups is 2. The van der Waals surface area contributed by atoms with Crippen LogP contribution in [0.3, 0.4) is 0 Å². The van der Waals surface area contributed by atoms with E-state index in [0.717, 1.165) is 81.9 Å². The molecule has 0 aliphatic heterocycles. The second kappa shape index (κ2) is 18.2. The van der Waals surface area contributed by atoms with Crippen molar-refractivity contribution in [1.29, 1.82) is 0 Å². The van der Waals surface area contributed by atoms with Gasteiger partial charge in [0.1, 0.15) is 11.5 Å². The van der Waals surface area contributed by atoms with E-state index in [1.807, 2.05) is 82.3 Å². The van der Waals surface area contributed by atoms with Gasteiger partial charge in [-0.1, -0.05) is 86.8 Å². The Hall–Kier alpha value is -5.51. The SMILES string of the molecule is C=Cc1c(/C=C\C)c(C(=O)c2c(C)cc(C)cc2C)cc2c3cc(/C(=N\OC(C)=O)c4ccc(OCC(F)(F)C(F)F)cc4)ccc3n(CC(CC)CCCC)c12. The molecule has 0 bridgehead atoms. The molecule has 0 saturated carbocycles. The summed E-state index contributed by atoms with van der Waals surface area (Å²) < 4.78 is 59.9. The van der Waals surface area contributed by atoms with Gasteiger partial charge in [-0.15, -0.1) is 0 Å². The number of hydrogen-bond donors (Lipinski definition) is 0. The summed E-state index contributed by atoms with van der Waals surface area (Å²) in [5.41, 5.74) is 8.79. The first-order valence-corrected chi connectivity index (χ1v) is 19.3. The van der Waals surface area contributed by atoms with E-state index in [4.69, 9.17) is 9.57 Å². The van der Waals surface area contributed by atoms with Crippen LogP contribution in [0.4, 0.5) is 17.6 Å². The number of carbonyl (C=O) groups excluding carboxylic acids is 2. The molecule has 5 aromatic rings. The number of benzene rings is 4. The second-order valence-corrected chi connectivity index (χ2v) is 14.6. The number of hydrogen-bond acceptors (Lipinski definition) is 5. The molecule has 1 unspecified atom stereocenters. The number of fused-ring (bicyclic) bond motifs is 3. The lowest BCUT2D eigenvalue weighted by Gasteiger charge is -2.20. The third-order valence-electron chi connectivity index (χ3n) is 10.3. The summed E-state index contributed by atoms with van der Waals surface area (Å²) in [5.74, 6) is -4.74. The number of rotatable bonds is 17. The van der Waals surface area contributed by atoms with Crippen molar-refractivity contribution in [3.05, 3.63) is 123 Å². The number of ketones is 1. The van der Waals surface area contributed by atoms with Crippen molar-refractivity contribution in [2.45, 2.75) is 93.0 Å². The van der Waals surface area contributed by atoms with Crippen LogP contribution < -0.4 is 4.74 Å². The predicted octanol–water partition coefficient (Wildman–Crippen LogP) is 12.4. The van der Waals surface area contributed by atoms with E-state index in [2.05, 4.69) is 30.1 Å². The summed E-state index contributed by atoms with van der Waals surface area (Å²) in [5, 5.41) is 5.86. The average Bonchev–Trinajstić information content (AvgIpc) is 3.47. The number of ether oxygens (including phenoxy) is 1. The molecule has 1 atom stereocenters. The molecule has 0 aliphatic carbocycles. The number of aryl methyl sites for hydroxylation is 3. The molecule has 0 amide bonds. The Morgan fingerprint density at radius 3 is 2.18 bits per heavy atom. The third-order valence-corrected chi connectivity index (χ3v) is 10.3. The van der Waals surface area contributed by atoms with Crippen LogP contribution in [0.15, 0.2) is 78.5 Å². The lowest BCUT2D eigenvalue weighted by atomic mass is 9.87. The van der Waals surface area contributed by atoms with Crippen LogP contribution in [0.5, 0.6) is 5.75 Å². The maximum absolute atomic E-state index is 14.7. The highest BCUT2D eigenvalue weighted by Crippen LogP contribution is 2.39. The van der Waals surface area contributed by atoms with Crippen molar-refractivity contribution < 1.29 is 36.7 Å². The van der Waals surface area contributed by atoms with Gasteiger partial charge in [0.2, 0.25) is 0 Å². The minimum Gasteiger partial charge on any atom is -0.487 e. The van der Waals surface area contributed by atoms with Crippen LogP contribution in [0.25, 0.3) is 34.0 Å². The van der Waals surface area contributed by atoms with Gasteiger partial charge in [0.25, 0.3) is 0 Å². The number of aromatic nitrogens is 1. The normalized spacial score (nSPS) is 12.9. The minimum atomic E-state index is -4.32. The average molecular weight is 783 g/mol. The lowest BCUT2D eigenvalue weighted by molar-refractivity contribution is -0.148. The number of allylic oxidation sites excluding steroid dienone is 1. The molecule has 0 spiro atoms. The lowest BCUT2D eigenvalue weighted by Crippen LogP contribution is -2.33. The smallest absolute Gasteiger partial charge is 0.340 e. The Morgan fingerprint density at radius 1 is 0.930 bits per heavy atom. The molecule has 5 rings (SSSR count). The molecule has 1 heterocycles. The summed E-state index contributed by atoms with van der Waals surface area (Å²) in [6.07, 6.45) is 6.06. The first kappa shape index (κ1) is 42.6. The van der Waals surface area contributed by atoms with E-state index < -0.39 is 24.9 Å². The maximum atomic E-state index is 14.7. The predicted molar refractivity (Wildman–Crippen MR) is 222 cm³/mol. The van der Waals surface area contributed by atoms with Gasteiger partial charge in [-0.3, -0.25) is 4.79 Å². The largest absolute Gasteiger partial charge is 0.487 e. The van der Waals surface area contributed by atoms with Crippen molar-refractivity contribution >= 4 is 51.4 Å². The van der Waals surface area contributed by atoms with Crippen molar-refractivity contribution in [3.8, 4) is 5.75 Å². The fraction of sp³-hybridized carbons (Fsp3) is 0.340. The molecule has 0 N–H and O–H groups in total. The summed E-state index contributed by atoms with van der Waals surface area (Å²) >= 11 is 0. The van der Waals surface area contributed by atoms with Gasteiger partial charge in [0.05, 0.1) is 5.52 Å². The van der Waals surface area contributed by atoms with Gasteiger partial charge in [0.15, 0.2) is 12.4 Å². The van der Waals surface area contributed by atoms with E-state index in [1.54, 1.807) is 0 Å². The maximum Gasteiger partial charge on any atom is 0.340 e. The fourth-order valence-corrected chi connectivity index (χ4v) is 7.57. The molecule has 57 heavy (non-hydrogen) atoms. The number of oxime groups is 1. The van der Waals surface area contributed by atoms with E-state index in [9.17, 15) is 27.2 Å². The Balaban J connectivity index is 1.78. The standard InChI is InChI=1S/C47H50F4N2O4/c1-9-13-15-32(11-3)26-53-41-21-18-34(43(52-57-31(8)54)33-16-19-35(20-17-33)56-27-47(50,51)46(48)49)24-38(41)39-25-40(37(14-10-2)36(12-4)44(39)53)45(55)42-29(6)22-28(5)23-30(42)7/h10,12,14,16-25,32,46H,4,9,11,13,15,26-27H2,1-3,5-8H3/b14-10-,52-43-. The first-order valence-electron chi connectivity index (χ1n) is 19.3. The number of halogens is 4. The van der Waals surface area contributed by atoms with Gasteiger partial charge in [-0.2, -0.15) is 8.78 Å². The quantitative estimate of drug-likeness (QED) is 0.0310. The van der Waals surface area contributed by atoms with Gasteiger partial charge in [0, 0.05) is 57.6 Å². The van der Waals surface area contributed by atoms with E-state index in [1.165, 1.54) is 31.2 Å². The fourth-order valence-electron chi connectivity index (χ4n) is 7.57. The number of alkyl halides is 4. The molecular weight excluding hydrogens is 733 g/mol. The summed E-state index contributed by atoms with van der Waals surface area (Å²) in [6.45, 7) is 16.9. The highest BCUT2D eigenvalue weighted by Gasteiger charge is 2.41. The molecule has 0 radical (unpaired) electrons. The zero-order chi connectivity index (χ0) is 41.6. The Morgan fingerprint density at radius 2 is 1.60 bits per heavy atom. The van der Waals surface area contributed by atoms with Gasteiger partial charge in [-0.25, -0.2) is 13.6 Å². The molecule has 0 aliphatic rings. The zero-order valence-electron chi connectivity index (χ0n) is 33.6. The molecule has 0 saturated heterocycles. The zero-order valence-corrected chi connectivity index (χ0v) is 33.6. The monoisotopic (exact) mass is 782 g/mol.